The standard InChI is InChI=1S/C31H24N4O4/c1-20-9-8-10-21(2)28(20)33-30(36)23-15-17-25(18-16-23)34-29(22-11-4-3-5-12-22)32-26(31(34)37)19-24-13-6-7-14-27(24)35(38)39/h3-19H,1-2H3,(H,33,36). The summed E-state index contributed by atoms with van der Waals surface area (Å²) in [6, 6.07) is 27.9. The summed E-state index contributed by atoms with van der Waals surface area (Å²) in [5, 5.41) is 14.5. The van der Waals surface area contributed by atoms with Gasteiger partial charge in [-0.3, -0.25) is 24.6 Å². The summed E-state index contributed by atoms with van der Waals surface area (Å²) in [5.74, 6) is -0.307. The molecule has 1 heterocycles. The van der Waals surface area contributed by atoms with Crippen LogP contribution in [0.4, 0.5) is 17.1 Å². The van der Waals surface area contributed by atoms with Gasteiger partial charge in [0.05, 0.1) is 16.2 Å². The average molecular weight is 517 g/mol. The molecule has 0 atom stereocenters. The van der Waals surface area contributed by atoms with Crippen LogP contribution in [0.25, 0.3) is 6.08 Å². The molecule has 39 heavy (non-hydrogen) atoms. The molecule has 4 aromatic rings. The Morgan fingerprint density at radius 2 is 1.51 bits per heavy atom. The van der Waals surface area contributed by atoms with Gasteiger partial charge in [0.2, 0.25) is 0 Å². The van der Waals surface area contributed by atoms with Crippen molar-refractivity contribution in [1.82, 2.24) is 0 Å². The number of nitro groups is 1. The van der Waals surface area contributed by atoms with E-state index in [2.05, 4.69) is 10.3 Å². The molecule has 1 N–H and O–H groups in total. The normalized spacial score (nSPS) is 13.9. The number of hydrogen-bond donors (Lipinski definition) is 1. The van der Waals surface area contributed by atoms with Crippen molar-refractivity contribution in [3.63, 3.8) is 0 Å². The highest BCUT2D eigenvalue weighted by molar-refractivity contribution is 6.33. The van der Waals surface area contributed by atoms with Crippen LogP contribution in [-0.2, 0) is 4.79 Å². The number of aryl methyl sites for hydroxylation is 2. The number of nitrogens with one attached hydrogen (secondary N) is 1. The zero-order valence-corrected chi connectivity index (χ0v) is 21.3. The first-order chi connectivity index (χ1) is 18.8. The molecular weight excluding hydrogens is 492 g/mol. The number of nitrogens with zero attached hydrogens (tertiary/aromatic N) is 3. The van der Waals surface area contributed by atoms with Gasteiger partial charge in [0.15, 0.2) is 0 Å². The van der Waals surface area contributed by atoms with Gasteiger partial charge in [0.1, 0.15) is 11.5 Å². The molecule has 192 valence electrons. The zero-order valence-electron chi connectivity index (χ0n) is 21.3. The molecule has 8 heteroatoms. The number of amidine groups is 1. The van der Waals surface area contributed by atoms with E-state index in [0.717, 1.165) is 16.8 Å². The molecule has 0 radical (unpaired) electrons. The van der Waals surface area contributed by atoms with Crippen molar-refractivity contribution in [3.8, 4) is 0 Å². The predicted molar refractivity (Wildman–Crippen MR) is 152 cm³/mol. The lowest BCUT2D eigenvalue weighted by atomic mass is 10.1. The Labute approximate surface area is 225 Å². The number of carbonyl (C=O) groups excluding carboxylic acids is 2. The minimum Gasteiger partial charge on any atom is -0.322 e. The highest BCUT2D eigenvalue weighted by atomic mass is 16.6. The van der Waals surface area contributed by atoms with Crippen LogP contribution in [0.2, 0.25) is 0 Å². The van der Waals surface area contributed by atoms with Gasteiger partial charge in [-0.05, 0) is 61.4 Å². The fraction of sp³-hybridized carbons (Fsp3) is 0.0645. The van der Waals surface area contributed by atoms with Gasteiger partial charge in [-0.2, -0.15) is 0 Å². The van der Waals surface area contributed by atoms with Gasteiger partial charge in [0.25, 0.3) is 17.5 Å². The first-order valence-electron chi connectivity index (χ1n) is 12.2. The smallest absolute Gasteiger partial charge is 0.282 e. The Balaban J connectivity index is 1.49. The molecule has 0 aromatic heterocycles. The first-order valence-corrected chi connectivity index (χ1v) is 12.2. The van der Waals surface area contributed by atoms with E-state index in [4.69, 9.17) is 0 Å². The monoisotopic (exact) mass is 516 g/mol. The second kappa shape index (κ2) is 10.5. The van der Waals surface area contributed by atoms with Gasteiger partial charge in [-0.15, -0.1) is 0 Å². The molecular formula is C31H24N4O4. The number of para-hydroxylation sites is 2. The molecule has 0 fully saturated rings. The predicted octanol–water partition coefficient (Wildman–Crippen LogP) is 6.30. The lowest BCUT2D eigenvalue weighted by Gasteiger charge is -2.19. The average Bonchev–Trinajstić information content (AvgIpc) is 3.27. The van der Waals surface area contributed by atoms with Gasteiger partial charge < -0.3 is 5.32 Å². The Morgan fingerprint density at radius 3 is 2.18 bits per heavy atom. The topological polar surface area (TPSA) is 105 Å². The van der Waals surface area contributed by atoms with Gasteiger partial charge in [0, 0.05) is 22.9 Å². The fourth-order valence-corrected chi connectivity index (χ4v) is 4.42. The Bertz CT molecular complexity index is 1640. The van der Waals surface area contributed by atoms with Crippen molar-refractivity contribution in [3.05, 3.63) is 141 Å². The van der Waals surface area contributed by atoms with E-state index in [0.29, 0.717) is 22.6 Å². The minimum atomic E-state index is -0.492. The summed E-state index contributed by atoms with van der Waals surface area (Å²) in [5.41, 5.74) is 4.57. The number of rotatable bonds is 6. The summed E-state index contributed by atoms with van der Waals surface area (Å²) in [6.07, 6.45) is 1.43. The summed E-state index contributed by atoms with van der Waals surface area (Å²) in [4.78, 5) is 43.6. The lowest BCUT2D eigenvalue weighted by molar-refractivity contribution is -0.385. The van der Waals surface area contributed by atoms with Crippen LogP contribution in [0, 0.1) is 24.0 Å². The molecule has 2 amide bonds. The van der Waals surface area contributed by atoms with Crippen LogP contribution in [0.5, 0.6) is 0 Å². The van der Waals surface area contributed by atoms with E-state index in [-0.39, 0.29) is 22.9 Å². The summed E-state index contributed by atoms with van der Waals surface area (Å²) in [6.45, 7) is 3.87. The number of hydrogen-bond acceptors (Lipinski definition) is 5. The highest BCUT2D eigenvalue weighted by Crippen LogP contribution is 2.30. The Kier molecular flexibility index (Phi) is 6.84. The molecule has 0 bridgehead atoms. The molecule has 1 aliphatic rings. The third-order valence-electron chi connectivity index (χ3n) is 6.43. The van der Waals surface area contributed by atoms with Gasteiger partial charge >= 0.3 is 0 Å². The fourth-order valence-electron chi connectivity index (χ4n) is 4.42. The zero-order chi connectivity index (χ0) is 27.5. The van der Waals surface area contributed by atoms with Crippen LogP contribution in [-0.4, -0.2) is 22.6 Å². The van der Waals surface area contributed by atoms with Crippen molar-refractivity contribution >= 4 is 40.8 Å². The SMILES string of the molecule is Cc1cccc(C)c1NC(=O)c1ccc(N2C(=O)C(=Cc3ccccc3[N+](=O)[O-])N=C2c2ccccc2)cc1. The minimum absolute atomic E-state index is 0.0694. The quantitative estimate of drug-likeness (QED) is 0.184. The van der Waals surface area contributed by atoms with Gasteiger partial charge in [-0.1, -0.05) is 60.7 Å². The maximum Gasteiger partial charge on any atom is 0.282 e. The number of aliphatic imine (C=N–C) groups is 1. The Morgan fingerprint density at radius 1 is 0.872 bits per heavy atom. The summed E-state index contributed by atoms with van der Waals surface area (Å²) < 4.78 is 0. The van der Waals surface area contributed by atoms with Crippen molar-refractivity contribution < 1.29 is 14.5 Å². The molecule has 0 unspecified atom stereocenters. The van der Waals surface area contributed by atoms with E-state index >= 15 is 0 Å². The molecule has 0 spiro atoms. The number of carbonyl (C=O) groups is 2. The Hall–Kier alpha value is -5.37. The molecule has 4 aromatic carbocycles. The van der Waals surface area contributed by atoms with Crippen molar-refractivity contribution in [2.75, 3.05) is 10.2 Å². The van der Waals surface area contributed by atoms with E-state index < -0.39 is 10.8 Å². The number of nitro benzene ring substituents is 1. The molecule has 0 saturated heterocycles. The van der Waals surface area contributed by atoms with Crippen molar-refractivity contribution in [1.29, 1.82) is 0 Å². The van der Waals surface area contributed by atoms with Crippen LogP contribution < -0.4 is 10.2 Å². The number of anilines is 2. The summed E-state index contributed by atoms with van der Waals surface area (Å²) >= 11 is 0. The number of amides is 2. The van der Waals surface area contributed by atoms with Crippen LogP contribution in [0.15, 0.2) is 108 Å². The van der Waals surface area contributed by atoms with Crippen LogP contribution in [0.3, 0.4) is 0 Å². The van der Waals surface area contributed by atoms with E-state index in [1.165, 1.54) is 17.0 Å². The second-order valence-electron chi connectivity index (χ2n) is 9.06. The highest BCUT2D eigenvalue weighted by Gasteiger charge is 2.33. The molecule has 1 aliphatic heterocycles. The molecule has 0 saturated carbocycles. The van der Waals surface area contributed by atoms with E-state index in [9.17, 15) is 19.7 Å². The van der Waals surface area contributed by atoms with Crippen LogP contribution >= 0.6 is 0 Å². The third kappa shape index (κ3) is 5.08. The molecule has 0 aliphatic carbocycles. The van der Waals surface area contributed by atoms with E-state index in [1.54, 1.807) is 42.5 Å². The van der Waals surface area contributed by atoms with Gasteiger partial charge in [-0.25, -0.2) is 4.99 Å². The van der Waals surface area contributed by atoms with Crippen molar-refractivity contribution in [2.45, 2.75) is 13.8 Å². The number of benzene rings is 4. The second-order valence-corrected chi connectivity index (χ2v) is 9.06. The van der Waals surface area contributed by atoms with Crippen LogP contribution in [0.1, 0.15) is 32.6 Å². The molecule has 8 nitrogen and oxygen atoms in total. The van der Waals surface area contributed by atoms with E-state index in [1.807, 2.05) is 62.4 Å². The molecule has 5 rings (SSSR count). The summed E-state index contributed by atoms with van der Waals surface area (Å²) in [7, 11) is 0. The maximum atomic E-state index is 13.6. The van der Waals surface area contributed by atoms with Crippen molar-refractivity contribution in [2.24, 2.45) is 4.99 Å². The third-order valence-corrected chi connectivity index (χ3v) is 6.43. The maximum absolute atomic E-state index is 13.6. The largest absolute Gasteiger partial charge is 0.322 e. The lowest BCUT2D eigenvalue weighted by Crippen LogP contribution is -2.32. The first kappa shape index (κ1) is 25.3.